The minimum Gasteiger partial charge on any atom is -0.480 e. The Kier molecular flexibility index (Phi) is 6.54. The summed E-state index contributed by atoms with van der Waals surface area (Å²) in [5.74, 6) is -1.35. The first-order valence-electron chi connectivity index (χ1n) is 10.00. The Balaban J connectivity index is 1.80. The van der Waals surface area contributed by atoms with Crippen molar-refractivity contribution in [2.45, 2.75) is 32.2 Å². The second-order valence-electron chi connectivity index (χ2n) is 7.67. The van der Waals surface area contributed by atoms with Gasteiger partial charge in [-0.1, -0.05) is 62.4 Å². The van der Waals surface area contributed by atoms with Crippen molar-refractivity contribution in [2.75, 3.05) is 19.7 Å². The quantitative estimate of drug-likeness (QED) is 0.710. The van der Waals surface area contributed by atoms with Crippen LogP contribution in [-0.4, -0.2) is 47.8 Å². The van der Waals surface area contributed by atoms with E-state index in [1.165, 1.54) is 4.90 Å². The summed E-state index contributed by atoms with van der Waals surface area (Å²) in [5.41, 5.74) is 10.1. The van der Waals surface area contributed by atoms with Crippen LogP contribution < -0.4 is 5.73 Å². The van der Waals surface area contributed by atoms with Gasteiger partial charge in [0.1, 0.15) is 12.6 Å². The van der Waals surface area contributed by atoms with Gasteiger partial charge < -0.3 is 15.6 Å². The summed E-state index contributed by atoms with van der Waals surface area (Å²) in [6.45, 7) is 4.35. The van der Waals surface area contributed by atoms with Crippen molar-refractivity contribution < 1.29 is 19.4 Å². The molecule has 0 saturated carbocycles. The summed E-state index contributed by atoms with van der Waals surface area (Å²) in [5, 5.41) is 9.62. The topological polar surface area (TPSA) is 92.9 Å². The van der Waals surface area contributed by atoms with Gasteiger partial charge in [-0.2, -0.15) is 0 Å². The maximum Gasteiger partial charge on any atom is 0.410 e. The zero-order valence-electron chi connectivity index (χ0n) is 16.9. The lowest BCUT2D eigenvalue weighted by Crippen LogP contribution is -2.49. The molecule has 1 amide bonds. The van der Waals surface area contributed by atoms with Crippen molar-refractivity contribution in [3.8, 4) is 11.1 Å². The van der Waals surface area contributed by atoms with Gasteiger partial charge in [-0.3, -0.25) is 4.90 Å². The third-order valence-corrected chi connectivity index (χ3v) is 5.39. The van der Waals surface area contributed by atoms with Gasteiger partial charge in [-0.25, -0.2) is 9.59 Å². The van der Waals surface area contributed by atoms with E-state index < -0.39 is 18.1 Å². The molecule has 6 nitrogen and oxygen atoms in total. The second-order valence-corrected chi connectivity index (χ2v) is 7.67. The molecule has 3 N–H and O–H groups in total. The fourth-order valence-corrected chi connectivity index (χ4v) is 4.06. The Morgan fingerprint density at radius 3 is 2.10 bits per heavy atom. The summed E-state index contributed by atoms with van der Waals surface area (Å²) >= 11 is 0. The van der Waals surface area contributed by atoms with Gasteiger partial charge in [0.25, 0.3) is 0 Å². The van der Waals surface area contributed by atoms with Gasteiger partial charge in [0.15, 0.2) is 0 Å². The number of carboxylic acid groups (broad SMARTS) is 1. The standard InChI is InChI=1S/C23H28N2O4/c1-15(2)21(22(26)27)25(13-7-12-24)23(28)29-14-20-18-10-5-3-8-16(18)17-9-4-6-11-19(17)20/h3-6,8-11,15,20-21H,7,12-14,24H2,1-2H3,(H,26,27)/t21-/m0/s1. The van der Waals surface area contributed by atoms with Crippen LogP contribution in [0, 0.1) is 5.92 Å². The van der Waals surface area contributed by atoms with Crippen molar-refractivity contribution in [1.29, 1.82) is 0 Å². The number of carbonyl (C=O) groups is 2. The first-order valence-corrected chi connectivity index (χ1v) is 10.00. The number of amides is 1. The maximum absolute atomic E-state index is 12.9. The predicted octanol–water partition coefficient (Wildman–Crippen LogP) is 3.70. The van der Waals surface area contributed by atoms with Crippen molar-refractivity contribution in [3.05, 3.63) is 59.7 Å². The molecule has 1 aliphatic carbocycles. The molecule has 2 aromatic carbocycles. The number of carboxylic acids is 1. The molecule has 0 radical (unpaired) electrons. The fourth-order valence-electron chi connectivity index (χ4n) is 4.06. The number of nitrogens with two attached hydrogens (primary N) is 1. The Morgan fingerprint density at radius 1 is 1.07 bits per heavy atom. The summed E-state index contributed by atoms with van der Waals surface area (Å²) in [6.07, 6.45) is -0.0952. The van der Waals surface area contributed by atoms with E-state index in [0.717, 1.165) is 22.3 Å². The molecule has 0 bridgehead atoms. The number of aliphatic carboxylic acids is 1. The molecule has 1 atom stereocenters. The zero-order valence-corrected chi connectivity index (χ0v) is 16.9. The molecule has 0 heterocycles. The molecule has 3 rings (SSSR count). The van der Waals surface area contributed by atoms with Gasteiger partial charge in [0.05, 0.1) is 0 Å². The first kappa shape index (κ1) is 20.9. The maximum atomic E-state index is 12.9. The van der Waals surface area contributed by atoms with E-state index in [1.807, 2.05) is 36.4 Å². The number of rotatable bonds is 8. The van der Waals surface area contributed by atoms with Crippen LogP contribution in [0.5, 0.6) is 0 Å². The molecule has 0 aromatic heterocycles. The summed E-state index contributed by atoms with van der Waals surface area (Å²) in [7, 11) is 0. The zero-order chi connectivity index (χ0) is 21.0. The summed E-state index contributed by atoms with van der Waals surface area (Å²) in [6, 6.07) is 15.3. The highest BCUT2D eigenvalue weighted by atomic mass is 16.6. The molecule has 0 unspecified atom stereocenters. The Labute approximate surface area is 171 Å². The lowest BCUT2D eigenvalue weighted by molar-refractivity contribution is -0.144. The van der Waals surface area contributed by atoms with Crippen LogP contribution in [-0.2, 0) is 9.53 Å². The Morgan fingerprint density at radius 2 is 1.62 bits per heavy atom. The predicted molar refractivity (Wildman–Crippen MR) is 112 cm³/mol. The molecular formula is C23H28N2O4. The van der Waals surface area contributed by atoms with Crippen molar-refractivity contribution in [3.63, 3.8) is 0 Å². The summed E-state index contributed by atoms with van der Waals surface area (Å²) in [4.78, 5) is 25.9. The number of nitrogens with zero attached hydrogens (tertiary/aromatic N) is 1. The normalized spacial score (nSPS) is 13.7. The molecule has 6 heteroatoms. The van der Waals surface area contributed by atoms with E-state index in [0.29, 0.717) is 13.0 Å². The lowest BCUT2D eigenvalue weighted by atomic mass is 9.98. The molecular weight excluding hydrogens is 368 g/mol. The SMILES string of the molecule is CC(C)[C@@H](C(=O)O)N(CCCN)C(=O)OCC1c2ccccc2-c2ccccc21. The van der Waals surface area contributed by atoms with E-state index in [9.17, 15) is 14.7 Å². The van der Waals surface area contributed by atoms with Crippen LogP contribution in [0.1, 0.15) is 37.3 Å². The average Bonchev–Trinajstić information content (AvgIpc) is 3.02. The van der Waals surface area contributed by atoms with Crippen LogP contribution in [0.25, 0.3) is 11.1 Å². The third kappa shape index (κ3) is 4.27. The van der Waals surface area contributed by atoms with Gasteiger partial charge in [-0.15, -0.1) is 0 Å². The van der Waals surface area contributed by atoms with Crippen LogP contribution >= 0.6 is 0 Å². The Hall–Kier alpha value is -2.86. The van der Waals surface area contributed by atoms with E-state index >= 15 is 0 Å². The summed E-state index contributed by atoms with van der Waals surface area (Å²) < 4.78 is 5.66. The number of benzene rings is 2. The van der Waals surface area contributed by atoms with E-state index in [2.05, 4.69) is 12.1 Å². The van der Waals surface area contributed by atoms with Crippen molar-refractivity contribution >= 4 is 12.1 Å². The van der Waals surface area contributed by atoms with E-state index in [1.54, 1.807) is 13.8 Å². The molecule has 1 aliphatic rings. The number of carbonyl (C=O) groups excluding carboxylic acids is 1. The first-order chi connectivity index (χ1) is 14.0. The fraction of sp³-hybridized carbons (Fsp3) is 0.391. The third-order valence-electron chi connectivity index (χ3n) is 5.39. The second kappa shape index (κ2) is 9.09. The highest BCUT2D eigenvalue weighted by Gasteiger charge is 2.34. The average molecular weight is 396 g/mol. The van der Waals surface area contributed by atoms with Crippen LogP contribution in [0.3, 0.4) is 0 Å². The molecule has 2 aromatic rings. The van der Waals surface area contributed by atoms with E-state index in [-0.39, 0.29) is 25.0 Å². The van der Waals surface area contributed by atoms with Gasteiger partial charge >= 0.3 is 12.1 Å². The molecule has 0 fully saturated rings. The number of hydrogen-bond donors (Lipinski definition) is 2. The van der Waals surface area contributed by atoms with Crippen LogP contribution in [0.15, 0.2) is 48.5 Å². The minimum atomic E-state index is -1.04. The number of hydrogen-bond acceptors (Lipinski definition) is 4. The molecule has 0 aliphatic heterocycles. The monoisotopic (exact) mass is 396 g/mol. The number of ether oxygens (including phenoxy) is 1. The smallest absolute Gasteiger partial charge is 0.410 e. The largest absolute Gasteiger partial charge is 0.480 e. The van der Waals surface area contributed by atoms with Crippen LogP contribution in [0.2, 0.25) is 0 Å². The van der Waals surface area contributed by atoms with Crippen LogP contribution in [0.4, 0.5) is 4.79 Å². The molecule has 0 spiro atoms. The minimum absolute atomic E-state index is 0.0648. The van der Waals surface area contributed by atoms with E-state index in [4.69, 9.17) is 10.5 Å². The highest BCUT2D eigenvalue weighted by Crippen LogP contribution is 2.44. The number of fused-ring (bicyclic) bond motifs is 3. The highest BCUT2D eigenvalue weighted by molar-refractivity contribution is 5.81. The van der Waals surface area contributed by atoms with Gasteiger partial charge in [0, 0.05) is 12.5 Å². The molecule has 154 valence electrons. The Bertz CT molecular complexity index is 835. The van der Waals surface area contributed by atoms with Gasteiger partial charge in [-0.05, 0) is 41.1 Å². The lowest BCUT2D eigenvalue weighted by Gasteiger charge is -2.31. The molecule has 0 saturated heterocycles. The molecule has 29 heavy (non-hydrogen) atoms. The van der Waals surface area contributed by atoms with Crippen molar-refractivity contribution in [1.82, 2.24) is 4.90 Å². The van der Waals surface area contributed by atoms with Gasteiger partial charge in [0.2, 0.25) is 0 Å². The van der Waals surface area contributed by atoms with Crippen molar-refractivity contribution in [2.24, 2.45) is 11.7 Å².